The Morgan fingerprint density at radius 1 is 1.12 bits per heavy atom. The molecule has 1 saturated heterocycles. The quantitative estimate of drug-likeness (QED) is 0.220. The number of thiazole rings is 1. The number of carbonyl (C=O) groups is 2. The van der Waals surface area contributed by atoms with Crippen molar-refractivity contribution in [3.8, 4) is 22.4 Å². The van der Waals surface area contributed by atoms with Crippen molar-refractivity contribution in [2.75, 3.05) is 29.9 Å². The molecule has 0 spiro atoms. The number of hydrogen-bond donors (Lipinski definition) is 4. The van der Waals surface area contributed by atoms with Crippen molar-refractivity contribution < 1.29 is 24.5 Å². The minimum absolute atomic E-state index is 0.307. The summed E-state index contributed by atoms with van der Waals surface area (Å²) in [4.78, 5) is 48.1. The molecule has 42 heavy (non-hydrogen) atoms. The van der Waals surface area contributed by atoms with Crippen molar-refractivity contribution in [3.05, 3.63) is 42.6 Å². The fraction of sp³-hybridized carbons (Fsp3) is 0.393. The lowest BCUT2D eigenvalue weighted by atomic mass is 9.93. The first-order chi connectivity index (χ1) is 19.9. The predicted molar refractivity (Wildman–Crippen MR) is 159 cm³/mol. The number of aromatic nitrogens is 5. The fourth-order valence-electron chi connectivity index (χ4n) is 4.68. The van der Waals surface area contributed by atoms with E-state index in [1.54, 1.807) is 39.4 Å². The summed E-state index contributed by atoms with van der Waals surface area (Å²) in [6.07, 6.45) is 4.74. The van der Waals surface area contributed by atoms with E-state index >= 15 is 0 Å². The van der Waals surface area contributed by atoms with Crippen LogP contribution in [-0.2, 0) is 10.3 Å². The molecule has 0 aliphatic carbocycles. The molecule has 1 aromatic carbocycles. The number of carboxylic acid groups (broad SMARTS) is 1. The highest BCUT2D eigenvalue weighted by molar-refractivity contribution is 7.22. The highest BCUT2D eigenvalue weighted by Gasteiger charge is 2.34. The number of nitrogens with one attached hydrogen (secondary N) is 2. The van der Waals surface area contributed by atoms with Gasteiger partial charge >= 0.3 is 12.2 Å². The number of urea groups is 1. The molecule has 3 aromatic heterocycles. The summed E-state index contributed by atoms with van der Waals surface area (Å²) in [5.74, 6) is 0.827. The van der Waals surface area contributed by atoms with Gasteiger partial charge in [0, 0.05) is 62.2 Å². The molecule has 0 unspecified atom stereocenters. The van der Waals surface area contributed by atoms with E-state index < -0.39 is 17.4 Å². The molecule has 4 heterocycles. The second-order valence-electron chi connectivity index (χ2n) is 10.8. The van der Waals surface area contributed by atoms with Crippen LogP contribution in [0.4, 0.5) is 20.7 Å². The zero-order chi connectivity index (χ0) is 30.1. The van der Waals surface area contributed by atoms with Gasteiger partial charge in [0.05, 0.1) is 15.9 Å². The van der Waals surface area contributed by atoms with E-state index in [1.165, 1.54) is 11.3 Å². The van der Waals surface area contributed by atoms with Gasteiger partial charge in [0.25, 0.3) is 0 Å². The van der Waals surface area contributed by atoms with E-state index in [1.807, 2.05) is 30.0 Å². The lowest BCUT2D eigenvalue weighted by Crippen LogP contribution is -2.45. The summed E-state index contributed by atoms with van der Waals surface area (Å²) in [5, 5.41) is 25.3. The van der Waals surface area contributed by atoms with Gasteiger partial charge in [-0.25, -0.2) is 34.5 Å². The molecule has 5 rings (SSSR count). The van der Waals surface area contributed by atoms with Crippen LogP contribution in [0.5, 0.6) is 0 Å². The first kappa shape index (κ1) is 29.1. The lowest BCUT2D eigenvalue weighted by molar-refractivity contribution is -0.0216. The Balaban J connectivity index is 1.53. The zero-order valence-corrected chi connectivity index (χ0v) is 24.5. The van der Waals surface area contributed by atoms with Crippen LogP contribution in [0.25, 0.3) is 32.6 Å². The van der Waals surface area contributed by atoms with Crippen molar-refractivity contribution in [2.24, 2.45) is 0 Å². The van der Waals surface area contributed by atoms with Crippen LogP contribution in [0.3, 0.4) is 0 Å². The topological polar surface area (TPSA) is 176 Å². The monoisotopic (exact) mass is 592 g/mol. The first-order valence-electron chi connectivity index (χ1n) is 13.5. The van der Waals surface area contributed by atoms with Crippen molar-refractivity contribution in [2.45, 2.75) is 51.7 Å². The van der Waals surface area contributed by atoms with Gasteiger partial charge in [0.2, 0.25) is 5.95 Å². The van der Waals surface area contributed by atoms with Crippen molar-refractivity contribution in [3.63, 3.8) is 0 Å². The van der Waals surface area contributed by atoms with Gasteiger partial charge < -0.3 is 25.2 Å². The van der Waals surface area contributed by atoms with E-state index in [4.69, 9.17) is 14.8 Å². The summed E-state index contributed by atoms with van der Waals surface area (Å²) >= 11 is 1.34. The number of aliphatic hydroxyl groups is 1. The molecule has 2 amide bonds. The third-order valence-electron chi connectivity index (χ3n) is 6.94. The van der Waals surface area contributed by atoms with Gasteiger partial charge in [0.15, 0.2) is 11.0 Å². The lowest BCUT2D eigenvalue weighted by Gasteiger charge is -2.38. The molecule has 0 bridgehead atoms. The minimum atomic E-state index is -1.28. The standard InChI is InChI=1S/C28H32N8O5S/c1-5-29-24(37)35-25-34-20-13-16(17-14-31-22(32-15-17)27(2,3)40)12-18(21(20)42-25)19-6-9-30-23(33-19)36-10-7-28(4,8-11-36)41-26(38)39/h6,9,12-15,40H,5,7-8,10-11H2,1-4H3,(H,38,39)(H2,29,34,35,37). The third kappa shape index (κ3) is 6.39. The number of hydrogen-bond acceptors (Lipinski definition) is 11. The molecule has 0 saturated carbocycles. The molecule has 4 aromatic rings. The third-order valence-corrected chi connectivity index (χ3v) is 7.96. The van der Waals surface area contributed by atoms with Crippen LogP contribution in [0, 0.1) is 0 Å². The van der Waals surface area contributed by atoms with Gasteiger partial charge in [-0.05, 0) is 51.5 Å². The van der Waals surface area contributed by atoms with Crippen LogP contribution >= 0.6 is 11.3 Å². The fourth-order valence-corrected chi connectivity index (χ4v) is 5.65. The maximum atomic E-state index is 12.2. The SMILES string of the molecule is CCNC(=O)Nc1nc2cc(-c3cnc(C(C)(C)O)nc3)cc(-c3ccnc(N4CCC(C)(OC(=O)O)CC4)n3)c2s1. The number of ether oxygens (including phenoxy) is 1. The first-order valence-corrected chi connectivity index (χ1v) is 14.3. The predicted octanol–water partition coefficient (Wildman–Crippen LogP) is 4.63. The minimum Gasteiger partial charge on any atom is -0.450 e. The van der Waals surface area contributed by atoms with Crippen molar-refractivity contribution in [1.29, 1.82) is 0 Å². The molecule has 14 heteroatoms. The average molecular weight is 593 g/mol. The Hall–Kier alpha value is -4.43. The van der Waals surface area contributed by atoms with Gasteiger partial charge in [0.1, 0.15) is 11.2 Å². The highest BCUT2D eigenvalue weighted by Crippen LogP contribution is 2.39. The van der Waals surface area contributed by atoms with E-state index in [0.717, 1.165) is 21.4 Å². The summed E-state index contributed by atoms with van der Waals surface area (Å²) < 4.78 is 5.94. The van der Waals surface area contributed by atoms with Gasteiger partial charge in [-0.15, -0.1) is 0 Å². The highest BCUT2D eigenvalue weighted by atomic mass is 32.1. The number of rotatable bonds is 7. The maximum Gasteiger partial charge on any atom is 0.506 e. The summed E-state index contributed by atoms with van der Waals surface area (Å²) in [6, 6.07) is 5.34. The van der Waals surface area contributed by atoms with E-state index in [9.17, 15) is 14.7 Å². The number of nitrogens with zero attached hydrogens (tertiary/aromatic N) is 6. The molecule has 0 radical (unpaired) electrons. The summed E-state index contributed by atoms with van der Waals surface area (Å²) in [7, 11) is 0. The Morgan fingerprint density at radius 3 is 2.48 bits per heavy atom. The number of benzene rings is 1. The van der Waals surface area contributed by atoms with E-state index in [0.29, 0.717) is 60.6 Å². The Morgan fingerprint density at radius 2 is 1.83 bits per heavy atom. The molecular formula is C28H32N8O5S. The Labute approximate surface area is 246 Å². The number of anilines is 2. The number of piperidine rings is 1. The summed E-state index contributed by atoms with van der Waals surface area (Å²) in [6.45, 7) is 8.44. The molecule has 1 aliphatic heterocycles. The zero-order valence-electron chi connectivity index (χ0n) is 23.7. The van der Waals surface area contributed by atoms with Crippen LogP contribution < -0.4 is 15.5 Å². The Kier molecular flexibility index (Phi) is 7.93. The second kappa shape index (κ2) is 11.4. The smallest absolute Gasteiger partial charge is 0.450 e. The molecule has 4 N–H and O–H groups in total. The van der Waals surface area contributed by atoms with Crippen LogP contribution in [0.2, 0.25) is 0 Å². The average Bonchev–Trinajstić information content (AvgIpc) is 3.34. The molecule has 0 atom stereocenters. The molecule has 1 aliphatic rings. The van der Waals surface area contributed by atoms with Gasteiger partial charge in [-0.1, -0.05) is 11.3 Å². The van der Waals surface area contributed by atoms with E-state index in [2.05, 4.69) is 30.6 Å². The second-order valence-corrected chi connectivity index (χ2v) is 11.8. The van der Waals surface area contributed by atoms with Gasteiger partial charge in [-0.2, -0.15) is 0 Å². The number of amides is 2. The molecular weight excluding hydrogens is 560 g/mol. The van der Waals surface area contributed by atoms with Crippen LogP contribution in [0.1, 0.15) is 46.4 Å². The molecule has 1 fully saturated rings. The molecule has 13 nitrogen and oxygen atoms in total. The van der Waals surface area contributed by atoms with Crippen molar-refractivity contribution >= 4 is 44.8 Å². The molecule has 220 valence electrons. The maximum absolute atomic E-state index is 12.2. The normalized spacial score (nSPS) is 14.9. The number of fused-ring (bicyclic) bond motifs is 1. The van der Waals surface area contributed by atoms with E-state index in [-0.39, 0.29) is 6.03 Å². The van der Waals surface area contributed by atoms with Crippen LogP contribution in [0.15, 0.2) is 36.8 Å². The van der Waals surface area contributed by atoms with Crippen molar-refractivity contribution in [1.82, 2.24) is 30.2 Å². The number of carbonyl (C=O) groups excluding carboxylic acids is 1. The van der Waals surface area contributed by atoms with Gasteiger partial charge in [-0.3, -0.25) is 5.32 Å². The summed E-state index contributed by atoms with van der Waals surface area (Å²) in [5.41, 5.74) is 1.68. The largest absolute Gasteiger partial charge is 0.506 e. The Bertz CT molecular complexity index is 1610. The van der Waals surface area contributed by atoms with Crippen LogP contribution in [-0.4, -0.2) is 72.6 Å².